The van der Waals surface area contributed by atoms with E-state index < -0.39 is 72.8 Å². The van der Waals surface area contributed by atoms with Crippen molar-refractivity contribution in [2.45, 2.75) is 115 Å². The molecule has 0 aromatic heterocycles. The van der Waals surface area contributed by atoms with E-state index in [4.69, 9.17) is 33.1 Å². The maximum Gasteiger partial charge on any atom is 0.306 e. The van der Waals surface area contributed by atoms with Crippen molar-refractivity contribution in [2.75, 3.05) is 6.61 Å². The Kier molecular flexibility index (Phi) is 12.8. The summed E-state index contributed by atoms with van der Waals surface area (Å²) in [5, 5.41) is 56.7. The molecule has 1 heterocycles. The molecule has 18 heteroatoms. The molecule has 1 saturated heterocycles. The number of carboxylic acids is 1. The monoisotopic (exact) mass is 726 g/mol. The summed E-state index contributed by atoms with van der Waals surface area (Å²) >= 11 is 0.344. The molecular formula is C30H46O16S2. The summed E-state index contributed by atoms with van der Waals surface area (Å²) in [6, 6.07) is 0. The summed E-state index contributed by atoms with van der Waals surface area (Å²) in [4.78, 5) is 25.9. The van der Waals surface area contributed by atoms with Gasteiger partial charge in [0.1, 0.15) is 18.3 Å². The molecule has 5 fully saturated rings. The highest BCUT2D eigenvalue weighted by molar-refractivity contribution is 7.90. The molecule has 0 aromatic rings. The summed E-state index contributed by atoms with van der Waals surface area (Å²) in [5.41, 5.74) is -0.0143. The minimum atomic E-state index is -1.39. The number of ether oxygens (including phenoxy) is 3. The maximum absolute atomic E-state index is 13.0. The third-order valence-electron chi connectivity index (χ3n) is 11.5. The third-order valence-corrected chi connectivity index (χ3v) is 12.3. The van der Waals surface area contributed by atoms with Crippen LogP contribution in [0.1, 0.15) is 72.1 Å². The van der Waals surface area contributed by atoms with Crippen molar-refractivity contribution < 1.29 is 76.7 Å². The summed E-state index contributed by atoms with van der Waals surface area (Å²) in [7, 11) is 0. The minimum absolute atomic E-state index is 0.0210. The molecule has 5 aliphatic rings. The van der Waals surface area contributed by atoms with Crippen LogP contribution in [-0.2, 0) is 50.9 Å². The zero-order chi connectivity index (χ0) is 34.8. The maximum atomic E-state index is 13.0. The average Bonchev–Trinajstić information content (AvgIpc) is 3.21. The number of carbonyl (C=O) groups excluding carboxylic acids is 1. The van der Waals surface area contributed by atoms with Crippen LogP contribution in [0.5, 0.6) is 0 Å². The lowest BCUT2D eigenvalue weighted by molar-refractivity contribution is -0.436. The fourth-order valence-corrected chi connectivity index (χ4v) is 10.4. The SMILES string of the molecule is C=C1[C@H]2CC[C@@H]3[C@@](CCC4[C@H](C(=O)O)C[C@H](OC5OC(CO)C(OSOOO)C(OSOOO)C5OC(=O)CC(C)C)C[C@]43C)(C2)[C@H]1O. The molecule has 274 valence electrons. The van der Waals surface area contributed by atoms with Crippen LogP contribution in [0.4, 0.5) is 0 Å². The van der Waals surface area contributed by atoms with Crippen LogP contribution >= 0.6 is 24.6 Å². The van der Waals surface area contributed by atoms with Crippen LogP contribution in [0, 0.1) is 40.4 Å². The van der Waals surface area contributed by atoms with Crippen molar-refractivity contribution in [2.24, 2.45) is 40.4 Å². The first kappa shape index (κ1) is 38.1. The van der Waals surface area contributed by atoms with Crippen molar-refractivity contribution in [1.82, 2.24) is 0 Å². The lowest BCUT2D eigenvalue weighted by atomic mass is 9.43. The van der Waals surface area contributed by atoms with Gasteiger partial charge in [-0.1, -0.05) is 37.4 Å². The summed E-state index contributed by atoms with van der Waals surface area (Å²) in [6.45, 7) is 9.34. The van der Waals surface area contributed by atoms with Gasteiger partial charge in [-0.15, -0.1) is 8.67 Å². The molecule has 0 amide bonds. The molecule has 4 aliphatic carbocycles. The average molecular weight is 727 g/mol. The van der Waals surface area contributed by atoms with Gasteiger partial charge >= 0.3 is 11.9 Å². The van der Waals surface area contributed by atoms with Gasteiger partial charge in [-0.05, 0) is 79.6 Å². The number of aliphatic hydroxyl groups is 2. The molecule has 2 bridgehead atoms. The number of aliphatic hydroxyl groups excluding tert-OH is 2. The van der Waals surface area contributed by atoms with Crippen molar-refractivity contribution in [3.63, 3.8) is 0 Å². The van der Waals surface area contributed by atoms with Crippen molar-refractivity contribution >= 4 is 36.6 Å². The first-order chi connectivity index (χ1) is 22.9. The molecule has 1 aliphatic heterocycles. The highest BCUT2D eigenvalue weighted by Crippen LogP contribution is 2.70. The lowest BCUT2D eigenvalue weighted by Gasteiger charge is -2.62. The standard InChI is InChI=1S/C30H46O16S2/c1-14(2)9-22(32)40-25-24(42-48-46-44-37)23(41-47-45-43-36)20(13-31)39-28(25)38-17-10-18(27(34)35)19-7-8-30-11-16(15(3)26(30)33)5-6-21(30)29(19,4)12-17/h14,16-21,23-26,28,31,33,36-37H,3,5-13H2,1-2,4H3,(H,34,35)/t16-,17-,18+,19?,20?,21-,23?,24?,25?,26-,28?,29+,30+/m0/s1. The zero-order valence-electron chi connectivity index (χ0n) is 27.0. The Morgan fingerprint density at radius 2 is 1.73 bits per heavy atom. The second-order valence-corrected chi connectivity index (χ2v) is 15.3. The Morgan fingerprint density at radius 3 is 2.35 bits per heavy atom. The Bertz CT molecular complexity index is 1150. The minimum Gasteiger partial charge on any atom is -0.481 e. The molecule has 1 spiro atoms. The quantitative estimate of drug-likeness (QED) is 0.0306. The smallest absolute Gasteiger partial charge is 0.306 e. The van der Waals surface area contributed by atoms with E-state index in [1.807, 2.05) is 13.8 Å². The summed E-state index contributed by atoms with van der Waals surface area (Å²) in [6.07, 6.45) is -3.32. The predicted molar refractivity (Wildman–Crippen MR) is 164 cm³/mol. The fraction of sp³-hybridized carbons (Fsp3) is 0.867. The van der Waals surface area contributed by atoms with Gasteiger partial charge in [0, 0.05) is 11.8 Å². The number of rotatable bonds is 15. The van der Waals surface area contributed by atoms with Gasteiger partial charge in [-0.25, -0.2) is 10.5 Å². The molecule has 0 radical (unpaired) electrons. The van der Waals surface area contributed by atoms with E-state index in [2.05, 4.69) is 32.2 Å². The normalized spacial score (nSPS) is 42.3. The molecular weight excluding hydrogens is 680 g/mol. The van der Waals surface area contributed by atoms with Crippen molar-refractivity contribution in [3.05, 3.63) is 12.2 Å². The predicted octanol–water partition coefficient (Wildman–Crippen LogP) is 4.03. The molecule has 0 aromatic carbocycles. The van der Waals surface area contributed by atoms with E-state index in [1.54, 1.807) is 0 Å². The number of esters is 1. The highest BCUT2D eigenvalue weighted by atomic mass is 32.2. The Hall–Kier alpha value is -1.10. The number of carboxylic acid groups (broad SMARTS) is 1. The van der Waals surface area contributed by atoms with E-state index in [0.29, 0.717) is 12.8 Å². The Morgan fingerprint density at radius 1 is 1.04 bits per heavy atom. The van der Waals surface area contributed by atoms with Gasteiger partial charge < -0.3 is 29.5 Å². The van der Waals surface area contributed by atoms with Gasteiger partial charge in [-0.3, -0.25) is 18.0 Å². The second-order valence-electron chi connectivity index (χ2n) is 14.4. The zero-order valence-corrected chi connectivity index (χ0v) is 28.7. The van der Waals surface area contributed by atoms with Gasteiger partial charge in [0.25, 0.3) is 0 Å². The molecule has 13 atom stereocenters. The van der Waals surface area contributed by atoms with Gasteiger partial charge in [0.15, 0.2) is 37.0 Å². The summed E-state index contributed by atoms with van der Waals surface area (Å²) in [5.74, 6) is -2.24. The number of hydrogen-bond acceptors (Lipinski definition) is 17. The van der Waals surface area contributed by atoms with Crippen LogP contribution < -0.4 is 0 Å². The topological polar surface area (TPSA) is 218 Å². The van der Waals surface area contributed by atoms with Crippen LogP contribution in [0.15, 0.2) is 12.2 Å². The lowest BCUT2D eigenvalue weighted by Crippen LogP contribution is -2.63. The molecule has 5 N–H and O–H groups in total. The van der Waals surface area contributed by atoms with E-state index in [9.17, 15) is 24.9 Å². The van der Waals surface area contributed by atoms with E-state index in [1.165, 1.54) is 0 Å². The van der Waals surface area contributed by atoms with Gasteiger partial charge in [-0.2, -0.15) is 0 Å². The van der Waals surface area contributed by atoms with E-state index >= 15 is 0 Å². The molecule has 16 nitrogen and oxygen atoms in total. The van der Waals surface area contributed by atoms with Crippen molar-refractivity contribution in [1.29, 1.82) is 0 Å². The largest absolute Gasteiger partial charge is 0.481 e. The molecule has 48 heavy (non-hydrogen) atoms. The van der Waals surface area contributed by atoms with Crippen LogP contribution in [0.3, 0.4) is 0 Å². The first-order valence-electron chi connectivity index (χ1n) is 16.2. The van der Waals surface area contributed by atoms with Gasteiger partial charge in [0.2, 0.25) is 0 Å². The fourth-order valence-electron chi connectivity index (χ4n) is 9.69. The molecule has 4 saturated carbocycles. The molecule has 6 unspecified atom stereocenters. The first-order valence-corrected chi connectivity index (χ1v) is 17.5. The summed E-state index contributed by atoms with van der Waals surface area (Å²) < 4.78 is 38.5. The van der Waals surface area contributed by atoms with Crippen molar-refractivity contribution in [3.8, 4) is 0 Å². The number of carbonyl (C=O) groups is 2. The third kappa shape index (κ3) is 7.43. The second kappa shape index (κ2) is 16.1. The highest BCUT2D eigenvalue weighted by Gasteiger charge is 2.67. The number of hydrogen-bond donors (Lipinski definition) is 5. The van der Waals surface area contributed by atoms with Crippen LogP contribution in [0.25, 0.3) is 0 Å². The Balaban J connectivity index is 1.46. The number of aliphatic carboxylic acids is 1. The Labute approximate surface area is 287 Å². The van der Waals surface area contributed by atoms with Gasteiger partial charge in [0.05, 0.1) is 24.7 Å². The number of fused-ring (bicyclic) bond motifs is 3. The van der Waals surface area contributed by atoms with Crippen LogP contribution in [-0.4, -0.2) is 87.3 Å². The van der Waals surface area contributed by atoms with E-state index in [-0.39, 0.29) is 66.6 Å². The molecule has 5 rings (SSSR count). The van der Waals surface area contributed by atoms with Crippen LogP contribution in [0.2, 0.25) is 0 Å². The van der Waals surface area contributed by atoms with E-state index in [0.717, 1.165) is 31.3 Å².